The van der Waals surface area contributed by atoms with Crippen molar-refractivity contribution < 1.29 is 0 Å². The van der Waals surface area contributed by atoms with Crippen LogP contribution in [-0.4, -0.2) is 37.0 Å². The quantitative estimate of drug-likeness (QED) is 0.355. The summed E-state index contributed by atoms with van der Waals surface area (Å²) in [6.45, 7) is 6.73. The topological polar surface area (TPSA) is 52.6 Å². The van der Waals surface area contributed by atoms with Crippen LogP contribution in [0.25, 0.3) is 0 Å². The number of nitrogens with zero attached hydrogens (tertiary/aromatic N) is 3. The predicted molar refractivity (Wildman–Crippen MR) is 122 cm³/mol. The van der Waals surface area contributed by atoms with E-state index in [0.717, 1.165) is 29.8 Å². The number of benzene rings is 1. The maximum Gasteiger partial charge on any atom is 0.191 e. The van der Waals surface area contributed by atoms with E-state index in [-0.39, 0.29) is 24.0 Å². The monoisotopic (exact) mass is 487 g/mol. The van der Waals surface area contributed by atoms with E-state index in [9.17, 15) is 0 Å². The van der Waals surface area contributed by atoms with Crippen molar-refractivity contribution in [1.82, 2.24) is 20.5 Å². The molecule has 2 N–H and O–H groups in total. The lowest BCUT2D eigenvalue weighted by atomic mass is 10.1. The fourth-order valence-corrected chi connectivity index (χ4v) is 3.26. The molecular formula is C19H30IN5S. The highest BCUT2D eigenvalue weighted by Crippen LogP contribution is 2.17. The molecule has 0 fully saturated rings. The van der Waals surface area contributed by atoms with E-state index in [2.05, 4.69) is 83.1 Å². The maximum atomic E-state index is 4.64. The van der Waals surface area contributed by atoms with Crippen molar-refractivity contribution in [2.45, 2.75) is 39.4 Å². The van der Waals surface area contributed by atoms with E-state index in [0.29, 0.717) is 12.5 Å². The van der Waals surface area contributed by atoms with Crippen molar-refractivity contribution in [2.24, 2.45) is 4.99 Å². The number of rotatable bonds is 7. The Labute approximate surface area is 178 Å². The van der Waals surface area contributed by atoms with Crippen molar-refractivity contribution >= 4 is 41.3 Å². The van der Waals surface area contributed by atoms with Gasteiger partial charge >= 0.3 is 0 Å². The molecule has 1 aromatic heterocycles. The van der Waals surface area contributed by atoms with Gasteiger partial charge in [-0.25, -0.2) is 4.98 Å². The maximum absolute atomic E-state index is 4.64. The predicted octanol–water partition coefficient (Wildman–Crippen LogP) is 3.81. The zero-order valence-corrected chi connectivity index (χ0v) is 19.4. The summed E-state index contributed by atoms with van der Waals surface area (Å²) >= 11 is 1.69. The summed E-state index contributed by atoms with van der Waals surface area (Å²) in [5, 5.41) is 9.89. The molecule has 0 aliphatic rings. The molecule has 0 amide bonds. The lowest BCUT2D eigenvalue weighted by Crippen LogP contribution is -2.36. The van der Waals surface area contributed by atoms with Crippen molar-refractivity contribution in [3.63, 3.8) is 0 Å². The van der Waals surface area contributed by atoms with Crippen LogP contribution in [0.4, 0.5) is 0 Å². The van der Waals surface area contributed by atoms with Crippen LogP contribution in [-0.2, 0) is 19.6 Å². The lowest BCUT2D eigenvalue weighted by molar-refractivity contribution is 0.402. The average molecular weight is 487 g/mol. The van der Waals surface area contributed by atoms with Crippen LogP contribution in [0.2, 0.25) is 0 Å². The number of halogens is 1. The second-order valence-electron chi connectivity index (χ2n) is 6.65. The molecular weight excluding hydrogens is 457 g/mol. The summed E-state index contributed by atoms with van der Waals surface area (Å²) in [5.74, 6) is 1.26. The Morgan fingerprint density at radius 2 is 1.73 bits per heavy atom. The molecule has 0 saturated heterocycles. The summed E-state index contributed by atoms with van der Waals surface area (Å²) in [7, 11) is 5.95. The van der Waals surface area contributed by atoms with Crippen LogP contribution in [0.5, 0.6) is 0 Å². The minimum atomic E-state index is 0. The molecule has 0 bridgehead atoms. The van der Waals surface area contributed by atoms with Gasteiger partial charge in [-0.2, -0.15) is 0 Å². The highest BCUT2D eigenvalue weighted by molar-refractivity contribution is 14.0. The molecule has 0 radical (unpaired) electrons. The van der Waals surface area contributed by atoms with E-state index in [1.54, 1.807) is 18.4 Å². The van der Waals surface area contributed by atoms with Gasteiger partial charge in [-0.1, -0.05) is 38.1 Å². The Kier molecular flexibility index (Phi) is 10.1. The number of aromatic nitrogens is 1. The van der Waals surface area contributed by atoms with Crippen LogP contribution >= 0.6 is 35.3 Å². The van der Waals surface area contributed by atoms with Gasteiger partial charge in [0, 0.05) is 25.5 Å². The lowest BCUT2D eigenvalue weighted by Gasteiger charge is -2.12. The minimum absolute atomic E-state index is 0. The first-order chi connectivity index (χ1) is 12.0. The molecule has 2 rings (SSSR count). The third-order valence-electron chi connectivity index (χ3n) is 3.77. The Morgan fingerprint density at radius 3 is 2.27 bits per heavy atom. The first-order valence-electron chi connectivity index (χ1n) is 8.59. The summed E-state index contributed by atoms with van der Waals surface area (Å²) < 4.78 is 0. The summed E-state index contributed by atoms with van der Waals surface area (Å²) in [5.41, 5.74) is 3.71. The zero-order valence-electron chi connectivity index (χ0n) is 16.2. The normalized spacial score (nSPS) is 11.6. The largest absolute Gasteiger partial charge is 0.352 e. The van der Waals surface area contributed by atoms with Crippen LogP contribution in [0.1, 0.15) is 41.6 Å². The number of nitrogens with one attached hydrogen (secondary N) is 2. The molecule has 0 spiro atoms. The molecule has 0 aliphatic heterocycles. The van der Waals surface area contributed by atoms with Crippen LogP contribution in [0.15, 0.2) is 34.6 Å². The Hall–Kier alpha value is -1.19. The van der Waals surface area contributed by atoms with Gasteiger partial charge in [-0.05, 0) is 31.1 Å². The molecule has 7 heteroatoms. The Bertz CT molecular complexity index is 679. The first kappa shape index (κ1) is 22.9. The summed E-state index contributed by atoms with van der Waals surface area (Å²) in [6.07, 6.45) is 0. The number of hydrogen-bond donors (Lipinski definition) is 2. The zero-order chi connectivity index (χ0) is 18.2. The number of thiazole rings is 1. The molecule has 2 aromatic rings. The van der Waals surface area contributed by atoms with Crippen LogP contribution in [0, 0.1) is 0 Å². The van der Waals surface area contributed by atoms with Gasteiger partial charge in [0.15, 0.2) is 5.96 Å². The molecule has 5 nitrogen and oxygen atoms in total. The molecule has 144 valence electrons. The van der Waals surface area contributed by atoms with Gasteiger partial charge in [0.1, 0.15) is 5.01 Å². The fourth-order valence-electron chi connectivity index (χ4n) is 2.36. The van der Waals surface area contributed by atoms with Gasteiger partial charge in [0.25, 0.3) is 0 Å². The van der Waals surface area contributed by atoms with Crippen molar-refractivity contribution in [1.29, 1.82) is 0 Å². The highest BCUT2D eigenvalue weighted by atomic mass is 127. The van der Waals surface area contributed by atoms with Gasteiger partial charge in [0.05, 0.1) is 12.2 Å². The number of hydrogen-bond acceptors (Lipinski definition) is 4. The van der Waals surface area contributed by atoms with Crippen molar-refractivity contribution in [3.05, 3.63) is 51.5 Å². The third-order valence-corrected chi connectivity index (χ3v) is 4.64. The van der Waals surface area contributed by atoms with Crippen molar-refractivity contribution in [2.75, 3.05) is 21.1 Å². The first-order valence-corrected chi connectivity index (χ1v) is 9.47. The summed E-state index contributed by atoms with van der Waals surface area (Å²) in [6, 6.07) is 8.68. The van der Waals surface area contributed by atoms with Gasteiger partial charge < -0.3 is 15.5 Å². The number of aliphatic imine (C=N–C) groups is 1. The Balaban J connectivity index is 0.00000338. The Morgan fingerprint density at radius 1 is 1.12 bits per heavy atom. The second-order valence-corrected chi connectivity index (χ2v) is 7.60. The van der Waals surface area contributed by atoms with Gasteiger partial charge in [-0.15, -0.1) is 35.3 Å². The molecule has 0 saturated carbocycles. The molecule has 0 unspecified atom stereocenters. The van der Waals surface area contributed by atoms with E-state index >= 15 is 0 Å². The minimum Gasteiger partial charge on any atom is -0.352 e. The molecule has 0 aliphatic carbocycles. The van der Waals surface area contributed by atoms with E-state index in [4.69, 9.17) is 0 Å². The van der Waals surface area contributed by atoms with Gasteiger partial charge in [-0.3, -0.25) is 4.99 Å². The molecule has 1 heterocycles. The van der Waals surface area contributed by atoms with Gasteiger partial charge in [0.2, 0.25) is 0 Å². The van der Waals surface area contributed by atoms with Crippen molar-refractivity contribution in [3.8, 4) is 0 Å². The standard InChI is InChI=1S/C19H29N5S.HI/c1-14(2)17-13-25-18(23-17)11-22-19(20-3)21-10-15-6-8-16(9-7-15)12-24(4)5;/h6-9,13-14H,10-12H2,1-5H3,(H2,20,21,22);1H. The smallest absolute Gasteiger partial charge is 0.191 e. The van der Waals surface area contributed by atoms with E-state index in [1.807, 2.05) is 0 Å². The van der Waals surface area contributed by atoms with Crippen LogP contribution in [0.3, 0.4) is 0 Å². The molecule has 0 atom stereocenters. The van der Waals surface area contributed by atoms with E-state index < -0.39 is 0 Å². The average Bonchev–Trinajstić information content (AvgIpc) is 3.05. The molecule has 26 heavy (non-hydrogen) atoms. The fraction of sp³-hybridized carbons (Fsp3) is 0.474. The highest BCUT2D eigenvalue weighted by Gasteiger charge is 2.06. The SMILES string of the molecule is CN=C(NCc1ccc(CN(C)C)cc1)NCc1nc(C(C)C)cs1.I. The van der Waals surface area contributed by atoms with E-state index in [1.165, 1.54) is 11.1 Å². The molecule has 1 aromatic carbocycles. The third kappa shape index (κ3) is 7.59. The summed E-state index contributed by atoms with van der Waals surface area (Å²) in [4.78, 5) is 11.1. The number of guanidine groups is 1. The van der Waals surface area contributed by atoms with Crippen LogP contribution < -0.4 is 10.6 Å². The second kappa shape index (κ2) is 11.5.